The Morgan fingerprint density at radius 3 is 1.67 bits per heavy atom. The van der Waals surface area contributed by atoms with Gasteiger partial charge in [0.1, 0.15) is 9.85 Å². The molecule has 12 heavy (non-hydrogen) atoms. The summed E-state index contributed by atoms with van der Waals surface area (Å²) in [6, 6.07) is 0. The number of hydrogen-bond donors (Lipinski definition) is 3. The molecule has 0 spiro atoms. The van der Waals surface area contributed by atoms with E-state index in [1.165, 1.54) is 0 Å². The molecule has 0 rings (SSSR count). The Morgan fingerprint density at radius 1 is 1.25 bits per heavy atom. The van der Waals surface area contributed by atoms with Gasteiger partial charge in [0, 0.05) is 51.4 Å². The average molecular weight is 202 g/mol. The monoisotopic (exact) mass is 202 g/mol. The number of rotatable bonds is 3. The number of nitrogens with one attached hydrogen (secondary N) is 1. The molecule has 0 fully saturated rings. The molecule has 0 atom stereocenters. The maximum Gasteiger partial charge on any atom is 0.600 e. The number of nitro groups is 2. The molecule has 0 aromatic carbocycles. The summed E-state index contributed by atoms with van der Waals surface area (Å²) in [5, 5.41) is 19.7. The van der Waals surface area contributed by atoms with Gasteiger partial charge in [0.15, 0.2) is 0 Å². The van der Waals surface area contributed by atoms with Crippen LogP contribution in [0.3, 0.4) is 0 Å². The zero-order valence-corrected chi connectivity index (χ0v) is 9.31. The van der Waals surface area contributed by atoms with Gasteiger partial charge in [-0.05, 0) is 0 Å². The van der Waals surface area contributed by atoms with Crippen molar-refractivity contribution >= 4 is 51.4 Å². The summed E-state index contributed by atoms with van der Waals surface area (Å²) in [7, 11) is 0. The predicted molar refractivity (Wildman–Crippen MR) is 38.3 cm³/mol. The first-order valence-corrected chi connectivity index (χ1v) is 2.25. The summed E-state index contributed by atoms with van der Waals surface area (Å²) >= 11 is 0. The van der Waals surface area contributed by atoms with Gasteiger partial charge in [0.25, 0.3) is 5.82 Å². The van der Waals surface area contributed by atoms with Crippen LogP contribution >= 0.6 is 0 Å². The Kier molecular flexibility index (Phi) is 7.46. The van der Waals surface area contributed by atoms with E-state index in [4.69, 9.17) is 5.73 Å². The molecule has 10 heteroatoms. The minimum absolute atomic E-state index is 0. The maximum atomic E-state index is 9.87. The molecule has 9 nitrogen and oxygen atoms in total. The Balaban J connectivity index is 0. The van der Waals surface area contributed by atoms with Crippen LogP contribution in [0.5, 0.6) is 0 Å². The summed E-state index contributed by atoms with van der Waals surface area (Å²) in [6.45, 7) is 0. The summed E-state index contributed by atoms with van der Waals surface area (Å²) in [5.41, 5.74) is 6.38. The zero-order chi connectivity index (χ0) is 9.02. The minimum Gasteiger partial charge on any atom is -0.373 e. The molecule has 0 saturated heterocycles. The van der Waals surface area contributed by atoms with Gasteiger partial charge < -0.3 is 5.73 Å². The van der Waals surface area contributed by atoms with Crippen molar-refractivity contribution in [3.05, 3.63) is 31.9 Å². The Labute approximate surface area is 109 Å². The maximum absolute atomic E-state index is 9.87. The van der Waals surface area contributed by atoms with Crippen molar-refractivity contribution in [2.75, 3.05) is 0 Å². The fourth-order valence-corrected chi connectivity index (χ4v) is 0.328. The Morgan fingerprint density at radius 2 is 1.58 bits per heavy atom. The molecular weight excluding hydrogens is 197 g/mol. The van der Waals surface area contributed by atoms with Gasteiger partial charge in [0.2, 0.25) is 0 Å². The number of hydrogen-bond acceptors (Lipinski definition) is 7. The largest absolute Gasteiger partial charge is 0.600 e. The number of nitrogens with two attached hydrogens (primary N) is 2. The van der Waals surface area contributed by atoms with Crippen molar-refractivity contribution in [1.82, 2.24) is 5.43 Å². The van der Waals surface area contributed by atoms with Crippen LogP contribution in [0.15, 0.2) is 11.6 Å². The van der Waals surface area contributed by atoms with E-state index in [1.807, 2.05) is 0 Å². The van der Waals surface area contributed by atoms with Crippen LogP contribution in [0, 0.1) is 20.2 Å². The second-order valence-corrected chi connectivity index (χ2v) is 1.40. The summed E-state index contributed by atoms with van der Waals surface area (Å²) in [5.74, 6) is 2.45. The van der Waals surface area contributed by atoms with Gasteiger partial charge in [-0.15, -0.1) is 0 Å². The molecule has 0 bridgehead atoms. The first-order chi connectivity index (χ1) is 5.00. The zero-order valence-electron chi connectivity index (χ0n) is 6.18. The van der Waals surface area contributed by atoms with Crippen LogP contribution in [0.25, 0.3) is 0 Å². The van der Waals surface area contributed by atoms with Crippen molar-refractivity contribution in [1.29, 1.82) is 0 Å². The van der Waals surface area contributed by atoms with E-state index < -0.39 is 21.5 Å². The molecule has 0 aliphatic carbocycles. The molecular formula is C2H5KN5O4. The van der Waals surface area contributed by atoms with Gasteiger partial charge >= 0.3 is 5.82 Å². The van der Waals surface area contributed by atoms with Gasteiger partial charge in [-0.2, -0.15) is 0 Å². The second kappa shape index (κ2) is 6.27. The third-order valence-corrected chi connectivity index (χ3v) is 0.742. The molecule has 63 valence electrons. The van der Waals surface area contributed by atoms with Gasteiger partial charge in [-0.1, -0.05) is 0 Å². The van der Waals surface area contributed by atoms with Gasteiger partial charge in [-0.3, -0.25) is 25.7 Å². The summed E-state index contributed by atoms with van der Waals surface area (Å²) < 4.78 is 0. The minimum atomic E-state index is -1.37. The smallest absolute Gasteiger partial charge is 0.373 e. The molecule has 0 heterocycles. The molecule has 0 aromatic rings. The van der Waals surface area contributed by atoms with Crippen LogP contribution in [0.1, 0.15) is 0 Å². The van der Waals surface area contributed by atoms with Crippen molar-refractivity contribution in [3.8, 4) is 0 Å². The third kappa shape index (κ3) is 3.94. The van der Waals surface area contributed by atoms with Crippen molar-refractivity contribution in [3.63, 3.8) is 0 Å². The molecule has 0 unspecified atom stereocenters. The SMILES string of the molecule is NNC(N)=C([N+](=O)[O-])[N+](=O)[O-].[K]. The first kappa shape index (κ1) is 14.3. The van der Waals surface area contributed by atoms with Crippen LogP contribution in [0.4, 0.5) is 0 Å². The fraction of sp³-hybridized carbons (Fsp3) is 0. The van der Waals surface area contributed by atoms with E-state index in [1.54, 1.807) is 5.43 Å². The normalized spacial score (nSPS) is 7.75. The third-order valence-electron chi connectivity index (χ3n) is 0.742. The first-order valence-electron chi connectivity index (χ1n) is 2.25. The molecule has 0 saturated carbocycles. The quantitative estimate of drug-likeness (QED) is 0.201. The van der Waals surface area contributed by atoms with E-state index in [2.05, 4.69) is 5.84 Å². The van der Waals surface area contributed by atoms with Crippen LogP contribution < -0.4 is 17.0 Å². The van der Waals surface area contributed by atoms with Crippen molar-refractivity contribution in [2.45, 2.75) is 0 Å². The van der Waals surface area contributed by atoms with E-state index in [0.29, 0.717) is 0 Å². The van der Waals surface area contributed by atoms with Crippen molar-refractivity contribution < 1.29 is 9.85 Å². The number of nitrogens with zero attached hydrogens (tertiary/aromatic N) is 2. The van der Waals surface area contributed by atoms with Crippen LogP contribution in [0.2, 0.25) is 0 Å². The molecule has 1 radical (unpaired) electrons. The van der Waals surface area contributed by atoms with Crippen LogP contribution in [-0.2, 0) is 0 Å². The van der Waals surface area contributed by atoms with Gasteiger partial charge in [-0.25, -0.2) is 5.84 Å². The average Bonchev–Trinajstić information content (AvgIpc) is 1.85. The fourth-order valence-electron chi connectivity index (χ4n) is 0.328. The summed E-state index contributed by atoms with van der Waals surface area (Å²) in [6.07, 6.45) is 0. The Hall–Kier alpha value is -0.264. The topological polar surface area (TPSA) is 150 Å². The molecule has 0 aromatic heterocycles. The van der Waals surface area contributed by atoms with Gasteiger partial charge in [0.05, 0.1) is 0 Å². The second-order valence-electron chi connectivity index (χ2n) is 1.40. The molecule has 0 amide bonds. The standard InChI is InChI=1S/C2H5N5O4.K/c3-1(5-4)2(6(8)9)7(10)11;/h5H,3-4H2;. The number of hydrazine groups is 1. The Bertz CT molecular complexity index is 209. The molecule has 0 aliphatic rings. The molecule has 0 aliphatic heterocycles. The van der Waals surface area contributed by atoms with Crippen molar-refractivity contribution in [2.24, 2.45) is 11.6 Å². The summed E-state index contributed by atoms with van der Waals surface area (Å²) in [4.78, 5) is 17.3. The van der Waals surface area contributed by atoms with E-state index in [0.717, 1.165) is 0 Å². The van der Waals surface area contributed by atoms with E-state index in [-0.39, 0.29) is 51.4 Å². The molecule has 5 N–H and O–H groups in total. The predicted octanol–water partition coefficient (Wildman–Crippen LogP) is -2.29. The van der Waals surface area contributed by atoms with E-state index >= 15 is 0 Å². The van der Waals surface area contributed by atoms with Crippen LogP contribution in [-0.4, -0.2) is 61.2 Å². The van der Waals surface area contributed by atoms with E-state index in [9.17, 15) is 20.2 Å².